The molecule has 118 valence electrons. The van der Waals surface area contributed by atoms with E-state index in [9.17, 15) is 8.78 Å². The molecule has 1 aliphatic rings. The largest absolute Gasteiger partial charge is 0.434 e. The second-order valence-electron chi connectivity index (χ2n) is 4.92. The van der Waals surface area contributed by atoms with Crippen molar-refractivity contribution in [2.45, 2.75) is 25.2 Å². The summed E-state index contributed by atoms with van der Waals surface area (Å²) < 4.78 is 40.1. The molecule has 1 atom stereocenters. The third-order valence-corrected chi connectivity index (χ3v) is 3.74. The minimum absolute atomic E-state index is 0.121. The lowest BCUT2D eigenvalue weighted by Crippen LogP contribution is -2.42. The van der Waals surface area contributed by atoms with Gasteiger partial charge in [0, 0.05) is 43.8 Å². The summed E-state index contributed by atoms with van der Waals surface area (Å²) in [5, 5.41) is 3.66. The first-order valence-electron chi connectivity index (χ1n) is 6.61. The molecular formula is C14H18ClF2NO3. The smallest absolute Gasteiger partial charge is 0.387 e. The average molecular weight is 322 g/mol. The van der Waals surface area contributed by atoms with Gasteiger partial charge in [-0.3, -0.25) is 0 Å². The summed E-state index contributed by atoms with van der Waals surface area (Å²) in [5.74, 6) is 0.121. The number of alkyl halides is 2. The Bertz CT molecular complexity index is 468. The fourth-order valence-corrected chi connectivity index (χ4v) is 2.48. The Balaban J connectivity index is 1.97. The van der Waals surface area contributed by atoms with Gasteiger partial charge in [-0.05, 0) is 18.2 Å². The molecule has 0 spiro atoms. The molecule has 0 saturated carbocycles. The van der Waals surface area contributed by atoms with Gasteiger partial charge in [-0.2, -0.15) is 8.78 Å². The Morgan fingerprint density at radius 3 is 2.90 bits per heavy atom. The van der Waals surface area contributed by atoms with Crippen LogP contribution in [0, 0.1) is 0 Å². The van der Waals surface area contributed by atoms with Gasteiger partial charge in [-0.1, -0.05) is 11.6 Å². The van der Waals surface area contributed by atoms with Crippen LogP contribution in [0.25, 0.3) is 0 Å². The first-order chi connectivity index (χ1) is 10.0. The van der Waals surface area contributed by atoms with Crippen LogP contribution in [0.15, 0.2) is 18.2 Å². The lowest BCUT2D eigenvalue weighted by Gasteiger charge is -2.26. The van der Waals surface area contributed by atoms with Crippen LogP contribution in [0.5, 0.6) is 5.75 Å². The number of hydrogen-bond donors (Lipinski definition) is 1. The first kappa shape index (κ1) is 16.4. The van der Waals surface area contributed by atoms with Gasteiger partial charge in [0.15, 0.2) is 0 Å². The Hall–Kier alpha value is -0.950. The minimum atomic E-state index is -2.86. The molecule has 1 aromatic carbocycles. The van der Waals surface area contributed by atoms with Crippen LogP contribution < -0.4 is 10.1 Å². The average Bonchev–Trinajstić information content (AvgIpc) is 2.91. The first-order valence-corrected chi connectivity index (χ1v) is 6.99. The van der Waals surface area contributed by atoms with E-state index in [2.05, 4.69) is 10.1 Å². The molecule has 4 nitrogen and oxygen atoms in total. The Morgan fingerprint density at radius 2 is 2.29 bits per heavy atom. The van der Waals surface area contributed by atoms with Gasteiger partial charge in [0.1, 0.15) is 11.4 Å². The topological polar surface area (TPSA) is 39.7 Å². The van der Waals surface area contributed by atoms with E-state index in [1.807, 2.05) is 0 Å². The van der Waals surface area contributed by atoms with Crippen molar-refractivity contribution in [2.24, 2.45) is 0 Å². The standard InChI is InChI=1S/C14H18ClF2NO3/c1-19-14(4-5-20-9-14)8-18-7-10-6-11(15)2-3-12(10)21-13(16)17/h2-3,6,13,18H,4-5,7-9H2,1H3. The molecule has 0 radical (unpaired) electrons. The summed E-state index contributed by atoms with van der Waals surface area (Å²) in [4.78, 5) is 0. The van der Waals surface area contributed by atoms with E-state index in [1.165, 1.54) is 12.1 Å². The minimum Gasteiger partial charge on any atom is -0.434 e. The van der Waals surface area contributed by atoms with Crippen LogP contribution in [0.3, 0.4) is 0 Å². The molecule has 0 aliphatic carbocycles. The normalized spacial score (nSPS) is 22.0. The summed E-state index contributed by atoms with van der Waals surface area (Å²) in [6.45, 7) is -0.769. The van der Waals surface area contributed by atoms with Crippen LogP contribution >= 0.6 is 11.6 Å². The third kappa shape index (κ3) is 4.51. The van der Waals surface area contributed by atoms with Gasteiger partial charge < -0.3 is 19.5 Å². The molecule has 2 rings (SSSR count). The van der Waals surface area contributed by atoms with E-state index in [-0.39, 0.29) is 11.4 Å². The molecule has 1 aliphatic heterocycles. The fourth-order valence-electron chi connectivity index (χ4n) is 2.28. The van der Waals surface area contributed by atoms with E-state index in [0.29, 0.717) is 36.9 Å². The molecule has 0 bridgehead atoms. The van der Waals surface area contributed by atoms with E-state index in [1.54, 1.807) is 13.2 Å². The van der Waals surface area contributed by atoms with E-state index < -0.39 is 6.61 Å². The predicted molar refractivity (Wildman–Crippen MR) is 75.0 cm³/mol. The summed E-state index contributed by atoms with van der Waals surface area (Å²) in [7, 11) is 1.64. The highest BCUT2D eigenvalue weighted by Gasteiger charge is 2.34. The lowest BCUT2D eigenvalue weighted by molar-refractivity contribution is -0.0506. The summed E-state index contributed by atoms with van der Waals surface area (Å²) in [6.07, 6.45) is 0.798. The number of hydrogen-bond acceptors (Lipinski definition) is 4. The molecule has 7 heteroatoms. The van der Waals surface area contributed by atoms with Crippen molar-refractivity contribution in [3.8, 4) is 5.75 Å². The molecule has 1 heterocycles. The van der Waals surface area contributed by atoms with Gasteiger partial charge >= 0.3 is 6.61 Å². The maximum absolute atomic E-state index is 12.4. The maximum atomic E-state index is 12.4. The zero-order valence-electron chi connectivity index (χ0n) is 11.7. The van der Waals surface area contributed by atoms with E-state index >= 15 is 0 Å². The van der Waals surface area contributed by atoms with Crippen molar-refractivity contribution in [3.05, 3.63) is 28.8 Å². The molecule has 21 heavy (non-hydrogen) atoms. The lowest BCUT2D eigenvalue weighted by atomic mass is 10.0. The van der Waals surface area contributed by atoms with Crippen molar-refractivity contribution >= 4 is 11.6 Å². The molecule has 1 N–H and O–H groups in total. The van der Waals surface area contributed by atoms with Crippen molar-refractivity contribution in [1.29, 1.82) is 0 Å². The second-order valence-corrected chi connectivity index (χ2v) is 5.36. The van der Waals surface area contributed by atoms with Gasteiger partial charge in [0.25, 0.3) is 0 Å². The zero-order chi connectivity index (χ0) is 15.3. The SMILES string of the molecule is COC1(CNCc2cc(Cl)ccc2OC(F)F)CCOC1. The van der Waals surface area contributed by atoms with Crippen molar-refractivity contribution in [3.63, 3.8) is 0 Å². The number of methoxy groups -OCH3 is 1. The third-order valence-electron chi connectivity index (χ3n) is 3.50. The van der Waals surface area contributed by atoms with Gasteiger partial charge in [-0.15, -0.1) is 0 Å². The molecule has 1 unspecified atom stereocenters. The Morgan fingerprint density at radius 1 is 1.48 bits per heavy atom. The van der Waals surface area contributed by atoms with Gasteiger partial charge in [0.05, 0.1) is 6.61 Å². The molecule has 1 aromatic rings. The van der Waals surface area contributed by atoms with Crippen LogP contribution in [-0.2, 0) is 16.0 Å². The van der Waals surface area contributed by atoms with Gasteiger partial charge in [-0.25, -0.2) is 0 Å². The van der Waals surface area contributed by atoms with Crippen molar-refractivity contribution < 1.29 is 23.0 Å². The van der Waals surface area contributed by atoms with Crippen LogP contribution in [-0.4, -0.2) is 39.1 Å². The molecule has 0 amide bonds. The van der Waals surface area contributed by atoms with Crippen LogP contribution in [0.2, 0.25) is 5.02 Å². The molecular weight excluding hydrogens is 304 g/mol. The predicted octanol–water partition coefficient (Wildman–Crippen LogP) is 2.84. The number of ether oxygens (including phenoxy) is 3. The summed E-state index contributed by atoms with van der Waals surface area (Å²) in [5.41, 5.74) is 0.218. The van der Waals surface area contributed by atoms with Crippen molar-refractivity contribution in [2.75, 3.05) is 26.9 Å². The molecule has 1 saturated heterocycles. The summed E-state index contributed by atoms with van der Waals surface area (Å²) >= 11 is 5.90. The fraction of sp³-hybridized carbons (Fsp3) is 0.571. The highest BCUT2D eigenvalue weighted by molar-refractivity contribution is 6.30. The molecule has 1 fully saturated rings. The Labute approximate surface area is 127 Å². The second kappa shape index (κ2) is 7.35. The monoisotopic (exact) mass is 321 g/mol. The quantitative estimate of drug-likeness (QED) is 0.838. The number of halogens is 3. The Kier molecular flexibility index (Phi) is 5.75. The maximum Gasteiger partial charge on any atom is 0.387 e. The van der Waals surface area contributed by atoms with E-state index in [0.717, 1.165) is 6.42 Å². The van der Waals surface area contributed by atoms with Crippen molar-refractivity contribution in [1.82, 2.24) is 5.32 Å². The number of nitrogens with one attached hydrogen (secondary N) is 1. The molecule has 0 aromatic heterocycles. The highest BCUT2D eigenvalue weighted by Crippen LogP contribution is 2.25. The highest BCUT2D eigenvalue weighted by atomic mass is 35.5. The van der Waals surface area contributed by atoms with Crippen LogP contribution in [0.4, 0.5) is 8.78 Å². The van der Waals surface area contributed by atoms with E-state index in [4.69, 9.17) is 21.1 Å². The number of rotatable bonds is 7. The summed E-state index contributed by atoms with van der Waals surface area (Å²) in [6, 6.07) is 4.57. The van der Waals surface area contributed by atoms with Gasteiger partial charge in [0.2, 0.25) is 0 Å². The number of benzene rings is 1. The van der Waals surface area contributed by atoms with Crippen LogP contribution in [0.1, 0.15) is 12.0 Å². The zero-order valence-corrected chi connectivity index (χ0v) is 12.5.